The summed E-state index contributed by atoms with van der Waals surface area (Å²) in [5.74, 6) is 2.10. The summed E-state index contributed by atoms with van der Waals surface area (Å²) >= 11 is 0. The molecule has 8 heteroatoms. The second-order valence-corrected chi connectivity index (χ2v) is 11.1. The highest BCUT2D eigenvalue weighted by Crippen LogP contribution is 2.40. The molecule has 3 heterocycles. The lowest BCUT2D eigenvalue weighted by atomic mass is 9.96. The number of nitrogens with zero attached hydrogens (tertiary/aromatic N) is 6. The van der Waals surface area contributed by atoms with E-state index in [1.165, 1.54) is 11.1 Å². The molecule has 1 aliphatic carbocycles. The van der Waals surface area contributed by atoms with Gasteiger partial charge in [-0.1, -0.05) is 63.2 Å². The fraction of sp³-hybridized carbons (Fsp3) is 0.387. The van der Waals surface area contributed by atoms with Crippen molar-refractivity contribution in [2.75, 3.05) is 0 Å². The molecule has 2 N–H and O–H groups in total. The van der Waals surface area contributed by atoms with Gasteiger partial charge in [0.2, 0.25) is 5.82 Å². The number of aliphatic hydroxyl groups is 1. The third kappa shape index (κ3) is 4.74. The van der Waals surface area contributed by atoms with E-state index in [-0.39, 0.29) is 6.04 Å². The van der Waals surface area contributed by atoms with E-state index in [1.807, 2.05) is 18.2 Å². The first-order valence-electron chi connectivity index (χ1n) is 13.9. The molecule has 8 nitrogen and oxygen atoms in total. The fourth-order valence-corrected chi connectivity index (χ4v) is 6.11. The lowest BCUT2D eigenvalue weighted by Gasteiger charge is -2.19. The van der Waals surface area contributed by atoms with Crippen molar-refractivity contribution in [3.05, 3.63) is 76.7 Å². The Morgan fingerprint density at radius 3 is 2.64 bits per heavy atom. The Bertz CT molecular complexity index is 1620. The van der Waals surface area contributed by atoms with Gasteiger partial charge in [0.25, 0.3) is 0 Å². The summed E-state index contributed by atoms with van der Waals surface area (Å²) in [6.45, 7) is 8.55. The summed E-state index contributed by atoms with van der Waals surface area (Å²) < 4.78 is 2.36. The monoisotopic (exact) mass is 521 g/mol. The van der Waals surface area contributed by atoms with E-state index >= 15 is 0 Å². The first-order chi connectivity index (χ1) is 18.9. The minimum Gasteiger partial charge on any atom is -0.393 e. The van der Waals surface area contributed by atoms with E-state index < -0.39 is 6.10 Å². The number of aliphatic hydroxyl groups excluding tert-OH is 1. The molecule has 1 unspecified atom stereocenters. The number of aromatic amines is 1. The molecule has 0 saturated heterocycles. The molecule has 0 aliphatic heterocycles. The number of imidazole rings is 1. The Hall–Kier alpha value is -3.91. The number of pyridine rings is 1. The zero-order valence-corrected chi connectivity index (χ0v) is 23.0. The van der Waals surface area contributed by atoms with Crippen LogP contribution in [0.15, 0.2) is 48.5 Å². The van der Waals surface area contributed by atoms with Crippen molar-refractivity contribution in [3.63, 3.8) is 0 Å². The van der Waals surface area contributed by atoms with Gasteiger partial charge in [0.15, 0.2) is 5.65 Å². The average molecular weight is 522 g/mol. The second-order valence-electron chi connectivity index (χ2n) is 11.1. The highest BCUT2D eigenvalue weighted by Gasteiger charge is 2.29. The molecule has 2 atom stereocenters. The van der Waals surface area contributed by atoms with Crippen LogP contribution < -0.4 is 0 Å². The van der Waals surface area contributed by atoms with Crippen molar-refractivity contribution >= 4 is 11.2 Å². The first-order valence-corrected chi connectivity index (χ1v) is 13.9. The van der Waals surface area contributed by atoms with Gasteiger partial charge >= 0.3 is 0 Å². The van der Waals surface area contributed by atoms with Crippen molar-refractivity contribution in [2.45, 2.75) is 71.9 Å². The van der Waals surface area contributed by atoms with Crippen LogP contribution in [-0.4, -0.2) is 46.4 Å². The first kappa shape index (κ1) is 25.4. The number of benzene rings is 2. The van der Waals surface area contributed by atoms with E-state index in [0.717, 1.165) is 70.6 Å². The summed E-state index contributed by atoms with van der Waals surface area (Å²) in [6, 6.07) is 17.3. The average Bonchev–Trinajstić information content (AvgIpc) is 3.66. The summed E-state index contributed by atoms with van der Waals surface area (Å²) in [5, 5.41) is 25.3. The molecule has 0 saturated carbocycles. The standard InChI is InChI=1S/C31H35N7O/c1-5-28-33-29-19(4)15-22(17-23(39)14-18(2)3)32-31(29)38(28)27-13-11-21-16-20(10-12-25(21)27)24-8-6-7-9-26(24)30-34-36-37-35-30/h6-10,12,15-16,18,23,27,39H,5,11,13-14,17H2,1-4H3,(H,34,35,36,37)/t23?,27-/m0/s1. The molecule has 200 valence electrons. The molecular weight excluding hydrogens is 486 g/mol. The minimum absolute atomic E-state index is 0.184. The molecule has 2 aromatic carbocycles. The number of hydrogen-bond acceptors (Lipinski definition) is 6. The molecule has 0 fully saturated rings. The molecule has 0 radical (unpaired) electrons. The fourth-order valence-electron chi connectivity index (χ4n) is 6.11. The van der Waals surface area contributed by atoms with Gasteiger partial charge in [-0.3, -0.25) is 0 Å². The van der Waals surface area contributed by atoms with E-state index in [1.54, 1.807) is 0 Å². The van der Waals surface area contributed by atoms with Crippen molar-refractivity contribution in [3.8, 4) is 22.5 Å². The summed E-state index contributed by atoms with van der Waals surface area (Å²) in [4.78, 5) is 10.1. The number of aryl methyl sites for hydroxylation is 3. The number of hydrogen-bond donors (Lipinski definition) is 2. The lowest BCUT2D eigenvalue weighted by molar-refractivity contribution is 0.148. The number of rotatable bonds is 8. The second kappa shape index (κ2) is 10.3. The normalized spacial score (nSPS) is 15.8. The third-order valence-electron chi connectivity index (χ3n) is 7.79. The topological polar surface area (TPSA) is 105 Å². The molecule has 39 heavy (non-hydrogen) atoms. The van der Waals surface area contributed by atoms with Crippen LogP contribution in [0, 0.1) is 12.8 Å². The van der Waals surface area contributed by atoms with E-state index in [2.05, 4.69) is 83.2 Å². The maximum absolute atomic E-state index is 10.6. The Kier molecular flexibility index (Phi) is 6.73. The Morgan fingerprint density at radius 2 is 1.90 bits per heavy atom. The molecule has 3 aromatic heterocycles. The van der Waals surface area contributed by atoms with Crippen LogP contribution in [-0.2, 0) is 19.3 Å². The van der Waals surface area contributed by atoms with E-state index in [4.69, 9.17) is 9.97 Å². The predicted octanol–water partition coefficient (Wildman–Crippen LogP) is 5.63. The smallest absolute Gasteiger partial charge is 0.205 e. The van der Waals surface area contributed by atoms with Crippen molar-refractivity contribution in [1.29, 1.82) is 0 Å². The summed E-state index contributed by atoms with van der Waals surface area (Å²) in [7, 11) is 0. The van der Waals surface area contributed by atoms with Crippen LogP contribution in [0.25, 0.3) is 33.7 Å². The van der Waals surface area contributed by atoms with Crippen LogP contribution in [0.3, 0.4) is 0 Å². The van der Waals surface area contributed by atoms with E-state index in [9.17, 15) is 5.11 Å². The van der Waals surface area contributed by atoms with Crippen LogP contribution in [0.1, 0.15) is 67.9 Å². The Labute approximate surface area is 228 Å². The molecule has 0 spiro atoms. The third-order valence-corrected chi connectivity index (χ3v) is 7.79. The van der Waals surface area contributed by atoms with Gasteiger partial charge in [0, 0.05) is 24.1 Å². The zero-order valence-electron chi connectivity index (χ0n) is 23.0. The molecule has 6 rings (SSSR count). The maximum atomic E-state index is 10.6. The van der Waals surface area contributed by atoms with Gasteiger partial charge in [0.1, 0.15) is 11.3 Å². The lowest BCUT2D eigenvalue weighted by Crippen LogP contribution is -2.15. The van der Waals surface area contributed by atoms with Crippen molar-refractivity contribution in [2.24, 2.45) is 5.92 Å². The summed E-state index contributed by atoms with van der Waals surface area (Å²) in [5.41, 5.74) is 9.83. The van der Waals surface area contributed by atoms with Crippen LogP contribution >= 0.6 is 0 Å². The highest BCUT2D eigenvalue weighted by molar-refractivity contribution is 5.81. The van der Waals surface area contributed by atoms with Crippen molar-refractivity contribution in [1.82, 2.24) is 35.2 Å². The maximum Gasteiger partial charge on any atom is 0.205 e. The van der Waals surface area contributed by atoms with Gasteiger partial charge in [-0.25, -0.2) is 9.97 Å². The summed E-state index contributed by atoms with van der Waals surface area (Å²) in [6.07, 6.45) is 3.77. The van der Waals surface area contributed by atoms with Crippen LogP contribution in [0.5, 0.6) is 0 Å². The molecular formula is C31H35N7O. The Balaban J connectivity index is 1.39. The quantitative estimate of drug-likeness (QED) is 0.274. The van der Waals surface area contributed by atoms with E-state index in [0.29, 0.717) is 18.2 Å². The van der Waals surface area contributed by atoms with Gasteiger partial charge < -0.3 is 9.67 Å². The molecule has 5 aromatic rings. The molecule has 0 amide bonds. The minimum atomic E-state index is -0.391. The number of tetrazole rings is 1. The van der Waals surface area contributed by atoms with Gasteiger partial charge in [-0.05, 0) is 71.2 Å². The van der Waals surface area contributed by atoms with Gasteiger partial charge in [-0.15, -0.1) is 10.2 Å². The predicted molar refractivity (Wildman–Crippen MR) is 152 cm³/mol. The number of H-pyrrole nitrogens is 1. The molecule has 0 bridgehead atoms. The van der Waals surface area contributed by atoms with Crippen molar-refractivity contribution < 1.29 is 5.11 Å². The largest absolute Gasteiger partial charge is 0.393 e. The highest BCUT2D eigenvalue weighted by atomic mass is 16.3. The van der Waals surface area contributed by atoms with Gasteiger partial charge in [-0.2, -0.15) is 5.21 Å². The van der Waals surface area contributed by atoms with Gasteiger partial charge in [0.05, 0.1) is 12.1 Å². The number of fused-ring (bicyclic) bond motifs is 2. The SMILES string of the molecule is CCc1nc2c(C)cc(CC(O)CC(C)C)nc2n1[C@H]1CCc2cc(-c3ccccc3-c3nn[nH]n3)ccc21. The Morgan fingerprint density at radius 1 is 1.08 bits per heavy atom. The number of nitrogens with one attached hydrogen (secondary N) is 1. The number of aromatic nitrogens is 7. The molecule has 1 aliphatic rings. The zero-order chi connectivity index (χ0) is 27.1. The van der Waals surface area contributed by atoms with Crippen LogP contribution in [0.4, 0.5) is 0 Å². The van der Waals surface area contributed by atoms with Crippen LogP contribution in [0.2, 0.25) is 0 Å².